The molecule has 0 saturated carbocycles. The number of aliphatic hydroxyl groups is 1. The van der Waals surface area contributed by atoms with Crippen molar-refractivity contribution in [1.29, 1.82) is 0 Å². The van der Waals surface area contributed by atoms with Crippen LogP contribution in [0.1, 0.15) is 33.6 Å². The van der Waals surface area contributed by atoms with E-state index in [1.165, 1.54) is 0 Å². The first kappa shape index (κ1) is 26.4. The van der Waals surface area contributed by atoms with Crippen molar-refractivity contribution in [2.45, 2.75) is 57.4 Å². The zero-order chi connectivity index (χ0) is 27.0. The summed E-state index contributed by atoms with van der Waals surface area (Å²) < 4.78 is 12.2. The number of fused-ring (bicyclic) bond motifs is 2. The van der Waals surface area contributed by atoms with Gasteiger partial charge in [-0.15, -0.1) is 0 Å². The molecule has 3 amide bonds. The molecule has 0 radical (unpaired) electrons. The fraction of sp³-hybridized carbons (Fsp3) is 0.552. The van der Waals surface area contributed by atoms with Crippen LogP contribution in [0.4, 0.5) is 5.69 Å². The normalized spacial score (nSPS) is 30.4. The van der Waals surface area contributed by atoms with Gasteiger partial charge in [0.1, 0.15) is 17.4 Å². The summed E-state index contributed by atoms with van der Waals surface area (Å²) in [4.78, 5) is 47.3. The Morgan fingerprint density at radius 2 is 1.82 bits per heavy atom. The van der Waals surface area contributed by atoms with Crippen LogP contribution in [0.5, 0.6) is 5.75 Å². The van der Waals surface area contributed by atoms with Crippen molar-refractivity contribution in [3.8, 4) is 5.75 Å². The summed E-state index contributed by atoms with van der Waals surface area (Å²) in [6.07, 6.45) is 8.00. The SMILES string of the molecule is CCOc1ccc(N2CC=C[C@H]3O[C@]45C=CCN(C(C)C)C(=O)C4N(CCCCO)C(=O)[C@@H]5[C@H]3C2=O)cc1. The van der Waals surface area contributed by atoms with Crippen molar-refractivity contribution in [3.63, 3.8) is 0 Å². The van der Waals surface area contributed by atoms with Crippen LogP contribution in [0.25, 0.3) is 0 Å². The third kappa shape index (κ3) is 4.22. The first-order valence-corrected chi connectivity index (χ1v) is 13.6. The van der Waals surface area contributed by atoms with E-state index >= 15 is 0 Å². The number of amides is 3. The number of likely N-dealkylation sites (tertiary alicyclic amines) is 1. The molecule has 38 heavy (non-hydrogen) atoms. The first-order valence-electron chi connectivity index (χ1n) is 13.6. The second-order valence-electron chi connectivity index (χ2n) is 10.6. The molecule has 9 heteroatoms. The van der Waals surface area contributed by atoms with E-state index in [0.717, 1.165) is 5.75 Å². The highest BCUT2D eigenvalue weighted by atomic mass is 16.5. The van der Waals surface area contributed by atoms with E-state index < -0.39 is 29.6 Å². The molecular formula is C29H37N3O6. The van der Waals surface area contributed by atoms with Crippen LogP contribution in [-0.4, -0.2) is 89.3 Å². The number of rotatable bonds is 8. The van der Waals surface area contributed by atoms with E-state index in [9.17, 15) is 19.5 Å². The van der Waals surface area contributed by atoms with Crippen LogP contribution < -0.4 is 9.64 Å². The largest absolute Gasteiger partial charge is 0.494 e. The molecule has 5 rings (SSSR count). The maximum atomic E-state index is 14.2. The highest BCUT2D eigenvalue weighted by Crippen LogP contribution is 2.53. The third-order valence-corrected chi connectivity index (χ3v) is 8.08. The maximum Gasteiger partial charge on any atom is 0.249 e. The number of anilines is 1. The molecule has 2 fully saturated rings. The number of ether oxygens (including phenoxy) is 2. The molecule has 204 valence electrons. The molecule has 0 aromatic heterocycles. The van der Waals surface area contributed by atoms with Gasteiger partial charge in [-0.05, 0) is 57.9 Å². The fourth-order valence-electron chi connectivity index (χ4n) is 6.37. The zero-order valence-electron chi connectivity index (χ0n) is 22.3. The van der Waals surface area contributed by atoms with Gasteiger partial charge in [0.25, 0.3) is 0 Å². The molecule has 4 aliphatic rings. The number of carbonyl (C=O) groups is 3. The lowest BCUT2D eigenvalue weighted by atomic mass is 9.77. The van der Waals surface area contributed by atoms with Gasteiger partial charge < -0.3 is 29.3 Å². The van der Waals surface area contributed by atoms with Gasteiger partial charge in [-0.3, -0.25) is 14.4 Å². The Kier molecular flexibility index (Phi) is 7.33. The van der Waals surface area contributed by atoms with Crippen LogP contribution in [0, 0.1) is 11.8 Å². The Morgan fingerprint density at radius 3 is 2.50 bits per heavy atom. The number of unbranched alkanes of at least 4 members (excludes halogenated alkanes) is 1. The summed E-state index contributed by atoms with van der Waals surface area (Å²) in [6.45, 7) is 7.48. The van der Waals surface area contributed by atoms with Crippen LogP contribution in [-0.2, 0) is 19.1 Å². The molecule has 5 atom stereocenters. The Labute approximate surface area is 223 Å². The minimum absolute atomic E-state index is 0.00869. The van der Waals surface area contributed by atoms with Gasteiger partial charge in [0, 0.05) is 38.0 Å². The number of nitrogens with zero attached hydrogens (tertiary/aromatic N) is 3. The molecule has 1 aromatic carbocycles. The third-order valence-electron chi connectivity index (χ3n) is 8.08. The number of benzene rings is 1. The second kappa shape index (κ2) is 10.5. The fourth-order valence-corrected chi connectivity index (χ4v) is 6.37. The molecule has 4 heterocycles. The molecule has 4 aliphatic heterocycles. The Bertz CT molecular complexity index is 1130. The quantitative estimate of drug-likeness (QED) is 0.414. The predicted molar refractivity (Wildman–Crippen MR) is 141 cm³/mol. The molecule has 1 aromatic rings. The number of carbonyl (C=O) groups excluding carboxylic acids is 3. The van der Waals surface area contributed by atoms with Crippen molar-refractivity contribution in [1.82, 2.24) is 9.80 Å². The van der Waals surface area contributed by atoms with Crippen LogP contribution in [0.2, 0.25) is 0 Å². The molecule has 0 aliphatic carbocycles. The molecule has 1 N–H and O–H groups in total. The summed E-state index contributed by atoms with van der Waals surface area (Å²) in [5, 5.41) is 9.33. The summed E-state index contributed by atoms with van der Waals surface area (Å²) in [5.74, 6) is -1.46. The number of hydrogen-bond acceptors (Lipinski definition) is 6. The van der Waals surface area contributed by atoms with Gasteiger partial charge in [0.05, 0.1) is 24.5 Å². The molecule has 9 nitrogen and oxygen atoms in total. The van der Waals surface area contributed by atoms with Crippen molar-refractivity contribution in [2.24, 2.45) is 11.8 Å². The average Bonchev–Trinajstić information content (AvgIpc) is 3.20. The van der Waals surface area contributed by atoms with Crippen LogP contribution in [0.3, 0.4) is 0 Å². The Morgan fingerprint density at radius 1 is 1.05 bits per heavy atom. The van der Waals surface area contributed by atoms with Crippen LogP contribution >= 0.6 is 0 Å². The minimum Gasteiger partial charge on any atom is -0.494 e. The van der Waals surface area contributed by atoms with E-state index in [0.29, 0.717) is 44.8 Å². The summed E-state index contributed by atoms with van der Waals surface area (Å²) in [7, 11) is 0. The highest BCUT2D eigenvalue weighted by molar-refractivity contribution is 6.03. The maximum absolute atomic E-state index is 14.2. The Balaban J connectivity index is 1.53. The lowest BCUT2D eigenvalue weighted by Gasteiger charge is -2.36. The van der Waals surface area contributed by atoms with Crippen molar-refractivity contribution in [2.75, 3.05) is 37.7 Å². The highest BCUT2D eigenvalue weighted by Gasteiger charge is 2.71. The van der Waals surface area contributed by atoms with Gasteiger partial charge in [-0.25, -0.2) is 0 Å². The minimum atomic E-state index is -1.23. The smallest absolute Gasteiger partial charge is 0.249 e. The number of aliphatic hydroxyl groups excluding tert-OH is 1. The topological polar surface area (TPSA) is 99.6 Å². The van der Waals surface area contributed by atoms with Gasteiger partial charge >= 0.3 is 0 Å². The van der Waals surface area contributed by atoms with E-state index in [-0.39, 0.29) is 30.4 Å². The van der Waals surface area contributed by atoms with Crippen molar-refractivity contribution >= 4 is 23.4 Å². The average molecular weight is 524 g/mol. The number of hydrogen-bond donors (Lipinski definition) is 1. The summed E-state index contributed by atoms with van der Waals surface area (Å²) in [6, 6.07) is 6.44. The zero-order valence-corrected chi connectivity index (χ0v) is 22.3. The summed E-state index contributed by atoms with van der Waals surface area (Å²) in [5.41, 5.74) is -0.515. The van der Waals surface area contributed by atoms with Gasteiger partial charge in [-0.1, -0.05) is 24.3 Å². The molecule has 0 bridgehead atoms. The van der Waals surface area contributed by atoms with Crippen molar-refractivity contribution < 1.29 is 29.0 Å². The molecule has 1 unspecified atom stereocenters. The first-order chi connectivity index (χ1) is 18.3. The van der Waals surface area contributed by atoms with E-state index in [2.05, 4.69) is 0 Å². The lowest BCUT2D eigenvalue weighted by molar-refractivity contribution is -0.148. The standard InChI is InChI=1S/C29H37N3O6/c1-4-37-21-12-10-20(11-13-21)31-16-7-9-22-23(26(31)34)24-27(35)32(15-5-6-18-33)25-28(36)30(19(2)3)17-8-14-29(24,25)38-22/h7-14,19,22-25,33H,4-6,15-18H2,1-3H3/t22-,23+,24+,25?,29+/m1/s1. The van der Waals surface area contributed by atoms with Crippen LogP contribution in [0.15, 0.2) is 48.6 Å². The van der Waals surface area contributed by atoms with Gasteiger partial charge in [-0.2, -0.15) is 0 Å². The lowest BCUT2D eigenvalue weighted by Crippen LogP contribution is -2.56. The predicted octanol–water partition coefficient (Wildman–Crippen LogP) is 2.15. The molecular weight excluding hydrogens is 486 g/mol. The monoisotopic (exact) mass is 523 g/mol. The van der Waals surface area contributed by atoms with E-state index in [4.69, 9.17) is 9.47 Å². The van der Waals surface area contributed by atoms with Crippen molar-refractivity contribution in [3.05, 3.63) is 48.6 Å². The molecule has 2 saturated heterocycles. The van der Waals surface area contributed by atoms with Gasteiger partial charge in [0.2, 0.25) is 17.7 Å². The van der Waals surface area contributed by atoms with Gasteiger partial charge in [0.15, 0.2) is 0 Å². The van der Waals surface area contributed by atoms with E-state index in [1.54, 1.807) is 14.7 Å². The summed E-state index contributed by atoms with van der Waals surface area (Å²) >= 11 is 0. The Hall–Kier alpha value is -3.17. The molecule has 1 spiro atoms. The second-order valence-corrected chi connectivity index (χ2v) is 10.6. The van der Waals surface area contributed by atoms with E-state index in [1.807, 2.05) is 69.3 Å².